The summed E-state index contributed by atoms with van der Waals surface area (Å²) < 4.78 is 24.9. The molecular weight excluding hydrogens is 457 g/mol. The number of benzene rings is 2. The van der Waals surface area contributed by atoms with Gasteiger partial charge in [-0.25, -0.2) is 24.4 Å². The molecule has 1 amide bonds. The van der Waals surface area contributed by atoms with Crippen LogP contribution < -0.4 is 20.8 Å². The van der Waals surface area contributed by atoms with E-state index in [1.54, 1.807) is 30.3 Å². The molecule has 0 spiro atoms. The van der Waals surface area contributed by atoms with Crippen molar-refractivity contribution >= 4 is 23.7 Å². The zero-order chi connectivity index (χ0) is 25.0. The van der Waals surface area contributed by atoms with Crippen LogP contribution in [0.5, 0.6) is 5.75 Å². The van der Waals surface area contributed by atoms with Crippen molar-refractivity contribution in [2.45, 2.75) is 32.4 Å². The molecule has 1 aliphatic heterocycles. The molecule has 2 aromatic rings. The molecule has 0 fully saturated rings. The number of guanidine groups is 1. The summed E-state index contributed by atoms with van der Waals surface area (Å²) in [5.41, 5.74) is 5.04. The van der Waals surface area contributed by atoms with Crippen molar-refractivity contribution in [2.24, 2.45) is 10.1 Å². The number of hydrogen-bond donors (Lipinski definition) is 4. The second-order valence-corrected chi connectivity index (χ2v) is 7.79. The van der Waals surface area contributed by atoms with Crippen LogP contribution in [-0.2, 0) is 22.6 Å². The molecule has 0 saturated heterocycles. The number of nitrogens with zero attached hydrogens (tertiary/aromatic N) is 2. The zero-order valence-electron chi connectivity index (χ0n) is 19.3. The van der Waals surface area contributed by atoms with Gasteiger partial charge in [-0.15, -0.1) is 0 Å². The Balaban J connectivity index is 1.44. The molecule has 0 bridgehead atoms. The minimum Gasteiger partial charge on any atom is -0.490 e. The Bertz CT molecular complexity index is 1080. The van der Waals surface area contributed by atoms with Crippen LogP contribution in [0.1, 0.15) is 24.5 Å². The quantitative estimate of drug-likeness (QED) is 0.284. The number of carbonyl (C=O) groups is 2. The van der Waals surface area contributed by atoms with Crippen LogP contribution in [0.3, 0.4) is 0 Å². The highest BCUT2D eigenvalue weighted by atomic mass is 19.1. The number of hydrogen-bond acceptors (Lipinski definition) is 8. The van der Waals surface area contributed by atoms with Crippen LogP contribution in [0.4, 0.5) is 9.18 Å². The number of alkyl carbamates (subject to hydrolysis) is 1. The smallest absolute Gasteiger partial charge is 0.408 e. The number of carboxylic acids is 1. The predicted octanol–water partition coefficient (Wildman–Crippen LogP) is 2.44. The largest absolute Gasteiger partial charge is 0.490 e. The zero-order valence-corrected chi connectivity index (χ0v) is 19.3. The Labute approximate surface area is 202 Å². The van der Waals surface area contributed by atoms with Gasteiger partial charge < -0.3 is 25.2 Å². The van der Waals surface area contributed by atoms with Gasteiger partial charge in [0.25, 0.3) is 0 Å². The van der Waals surface area contributed by atoms with E-state index in [1.165, 1.54) is 12.1 Å². The first kappa shape index (κ1) is 25.5. The van der Waals surface area contributed by atoms with Gasteiger partial charge in [0.2, 0.25) is 5.96 Å². The highest BCUT2D eigenvalue weighted by Crippen LogP contribution is 2.19. The molecular formula is C24H28FN5O5. The predicted molar refractivity (Wildman–Crippen MR) is 128 cm³/mol. The summed E-state index contributed by atoms with van der Waals surface area (Å²) in [5.74, 6) is -1.23. The van der Waals surface area contributed by atoms with Crippen LogP contribution in [0.15, 0.2) is 58.6 Å². The highest BCUT2D eigenvalue weighted by molar-refractivity contribution is 5.87. The van der Waals surface area contributed by atoms with Crippen LogP contribution in [0.2, 0.25) is 0 Å². The number of nitrogens with one attached hydrogen (secondary N) is 3. The lowest BCUT2D eigenvalue weighted by Gasteiger charge is -2.15. The number of aliphatic carboxylic acids is 1. The van der Waals surface area contributed by atoms with Crippen LogP contribution in [-0.4, -0.2) is 54.6 Å². The van der Waals surface area contributed by atoms with Crippen LogP contribution in [0.25, 0.3) is 0 Å². The van der Waals surface area contributed by atoms with Gasteiger partial charge in [0.15, 0.2) is 11.6 Å². The summed E-state index contributed by atoms with van der Waals surface area (Å²) in [4.78, 5) is 27.6. The maximum Gasteiger partial charge on any atom is 0.408 e. The molecule has 35 heavy (non-hydrogen) atoms. The Hall–Kier alpha value is -4.15. The summed E-state index contributed by atoms with van der Waals surface area (Å²) >= 11 is 0. The number of hydrazone groups is 1. The molecule has 0 aromatic heterocycles. The van der Waals surface area contributed by atoms with Gasteiger partial charge in [-0.3, -0.25) is 0 Å². The monoisotopic (exact) mass is 485 g/mol. The van der Waals surface area contributed by atoms with E-state index in [0.29, 0.717) is 24.5 Å². The maximum absolute atomic E-state index is 14.5. The Kier molecular flexibility index (Phi) is 9.40. The number of aliphatic imine (C=N–C) groups is 1. The van der Waals surface area contributed by atoms with E-state index < -0.39 is 23.9 Å². The number of halogens is 1. The van der Waals surface area contributed by atoms with Gasteiger partial charge in [0, 0.05) is 25.1 Å². The van der Waals surface area contributed by atoms with Gasteiger partial charge in [-0.2, -0.15) is 5.10 Å². The second-order valence-electron chi connectivity index (χ2n) is 7.79. The molecule has 0 radical (unpaired) electrons. The fourth-order valence-electron chi connectivity index (χ4n) is 3.18. The summed E-state index contributed by atoms with van der Waals surface area (Å²) in [5, 5.41) is 18.9. The van der Waals surface area contributed by atoms with E-state index in [9.17, 15) is 19.1 Å². The lowest BCUT2D eigenvalue weighted by molar-refractivity contribution is -0.139. The second kappa shape index (κ2) is 12.9. The molecule has 11 heteroatoms. The molecule has 186 valence electrons. The first-order chi connectivity index (χ1) is 16.9. The van der Waals surface area contributed by atoms with E-state index in [4.69, 9.17) is 9.47 Å². The fraction of sp³-hybridized carbons (Fsp3) is 0.333. The summed E-state index contributed by atoms with van der Waals surface area (Å²) in [7, 11) is 0. The summed E-state index contributed by atoms with van der Waals surface area (Å²) in [6.07, 6.45) is -0.515. The van der Waals surface area contributed by atoms with Crippen molar-refractivity contribution in [3.8, 4) is 5.75 Å². The maximum atomic E-state index is 14.5. The Morgan fingerprint density at radius 1 is 1.23 bits per heavy atom. The molecule has 0 saturated carbocycles. The summed E-state index contributed by atoms with van der Waals surface area (Å²) in [6.45, 7) is 3.18. The van der Waals surface area contributed by atoms with Crippen LogP contribution in [0, 0.1) is 5.82 Å². The molecule has 2 aromatic carbocycles. The molecule has 0 aliphatic carbocycles. The van der Waals surface area contributed by atoms with Crippen molar-refractivity contribution < 1.29 is 28.6 Å². The highest BCUT2D eigenvalue weighted by Gasteiger charge is 2.21. The normalized spacial score (nSPS) is 13.9. The van der Waals surface area contributed by atoms with E-state index >= 15 is 0 Å². The van der Waals surface area contributed by atoms with Gasteiger partial charge in [-0.05, 0) is 30.2 Å². The van der Waals surface area contributed by atoms with Crippen molar-refractivity contribution in [1.29, 1.82) is 0 Å². The topological polar surface area (TPSA) is 134 Å². The van der Waals surface area contributed by atoms with Gasteiger partial charge in [0.05, 0.1) is 13.2 Å². The third kappa shape index (κ3) is 8.61. The minimum atomic E-state index is -1.25. The average Bonchev–Trinajstić information content (AvgIpc) is 3.36. The van der Waals surface area contributed by atoms with Gasteiger partial charge in [0.1, 0.15) is 12.6 Å². The van der Waals surface area contributed by atoms with Crippen molar-refractivity contribution in [1.82, 2.24) is 16.1 Å². The number of carbonyl (C=O) groups excluding carboxylic acids is 1. The van der Waals surface area contributed by atoms with Gasteiger partial charge in [-0.1, -0.05) is 36.4 Å². The molecule has 0 unspecified atom stereocenters. The summed E-state index contributed by atoms with van der Waals surface area (Å²) in [6, 6.07) is 12.3. The standard InChI is InChI=1S/C24H28FN5O5/c1-16(29-30-23-26-10-11-27-23)13-18-7-8-21(19(25)14-18)34-12-9-20(22(31)32)28-24(33)35-15-17-5-3-2-4-6-17/h2-8,14,20H,9-13,15H2,1H3,(H,28,33)(H,31,32)(H2,26,27,30)/t20-/m0/s1. The minimum absolute atomic E-state index is 0.0122. The third-order valence-electron chi connectivity index (χ3n) is 4.95. The third-order valence-corrected chi connectivity index (χ3v) is 4.95. The first-order valence-corrected chi connectivity index (χ1v) is 11.1. The van der Waals surface area contributed by atoms with E-state index in [-0.39, 0.29) is 25.4 Å². The molecule has 1 heterocycles. The molecule has 3 rings (SSSR count). The number of carboxylic acid groups (broad SMARTS) is 1. The van der Waals surface area contributed by atoms with Crippen molar-refractivity contribution in [2.75, 3.05) is 19.7 Å². The fourth-order valence-corrected chi connectivity index (χ4v) is 3.18. The van der Waals surface area contributed by atoms with E-state index in [0.717, 1.165) is 17.8 Å². The van der Waals surface area contributed by atoms with E-state index in [2.05, 4.69) is 26.2 Å². The molecule has 10 nitrogen and oxygen atoms in total. The Morgan fingerprint density at radius 2 is 2.03 bits per heavy atom. The van der Waals surface area contributed by atoms with Crippen molar-refractivity contribution in [3.63, 3.8) is 0 Å². The Morgan fingerprint density at radius 3 is 2.71 bits per heavy atom. The SMILES string of the molecule is CC(Cc1ccc(OCC[C@H](NC(=O)OCc2ccccc2)C(=O)O)c(F)c1)=NNC1=NCCN1. The van der Waals surface area contributed by atoms with Crippen molar-refractivity contribution in [3.05, 3.63) is 65.5 Å². The molecule has 1 atom stereocenters. The first-order valence-electron chi connectivity index (χ1n) is 11.1. The average molecular weight is 486 g/mol. The lowest BCUT2D eigenvalue weighted by atomic mass is 10.1. The number of amides is 1. The lowest BCUT2D eigenvalue weighted by Crippen LogP contribution is -2.42. The van der Waals surface area contributed by atoms with Gasteiger partial charge >= 0.3 is 12.1 Å². The number of ether oxygens (including phenoxy) is 2. The van der Waals surface area contributed by atoms with Crippen LogP contribution >= 0.6 is 0 Å². The molecule has 4 N–H and O–H groups in total. The van der Waals surface area contributed by atoms with E-state index in [1.807, 2.05) is 13.0 Å². The molecule has 1 aliphatic rings. The number of rotatable bonds is 11.